The van der Waals surface area contributed by atoms with Crippen molar-refractivity contribution in [3.8, 4) is 0 Å². The number of nitro groups is 1. The third-order valence-corrected chi connectivity index (χ3v) is 8.20. The maximum Gasteiger partial charge on any atom is 0.296 e. The van der Waals surface area contributed by atoms with Crippen molar-refractivity contribution in [3.63, 3.8) is 0 Å². The van der Waals surface area contributed by atoms with Crippen LogP contribution in [0.25, 0.3) is 0 Å². The highest BCUT2D eigenvalue weighted by Crippen LogP contribution is 2.36. The van der Waals surface area contributed by atoms with Crippen molar-refractivity contribution >= 4 is 27.3 Å². The van der Waals surface area contributed by atoms with E-state index in [1.165, 1.54) is 24.0 Å². The van der Waals surface area contributed by atoms with Gasteiger partial charge in [-0.2, -0.15) is 0 Å². The summed E-state index contributed by atoms with van der Waals surface area (Å²) in [5.41, 5.74) is 0.324. The molecule has 190 valence electrons. The van der Waals surface area contributed by atoms with Crippen molar-refractivity contribution < 1.29 is 22.9 Å². The SMILES string of the molecule is Cc1c(S(=O)(=O)NC(C)CC2CCOC2)ccc(N2CCN(CC(=O)N(C)C)CC2)c1[N+](=O)[O-]. The number of anilines is 1. The number of hydrogen-bond acceptors (Lipinski definition) is 8. The van der Waals surface area contributed by atoms with Gasteiger partial charge in [0.05, 0.1) is 16.4 Å². The van der Waals surface area contributed by atoms with Crippen LogP contribution in [0, 0.1) is 23.0 Å². The molecular formula is C22H35N5O6S. The lowest BCUT2D eigenvalue weighted by Crippen LogP contribution is -2.49. The lowest BCUT2D eigenvalue weighted by molar-refractivity contribution is -0.384. The summed E-state index contributed by atoms with van der Waals surface area (Å²) in [4.78, 5) is 28.8. The summed E-state index contributed by atoms with van der Waals surface area (Å²) in [6, 6.07) is 2.66. The molecule has 34 heavy (non-hydrogen) atoms. The van der Waals surface area contributed by atoms with Gasteiger partial charge in [-0.05, 0) is 44.7 Å². The van der Waals surface area contributed by atoms with Gasteiger partial charge in [0, 0.05) is 65.1 Å². The van der Waals surface area contributed by atoms with Gasteiger partial charge in [0.15, 0.2) is 0 Å². The maximum absolute atomic E-state index is 13.1. The highest BCUT2D eigenvalue weighted by molar-refractivity contribution is 7.89. The van der Waals surface area contributed by atoms with E-state index in [1.807, 2.05) is 9.80 Å². The smallest absolute Gasteiger partial charge is 0.296 e. The Labute approximate surface area is 201 Å². The second-order valence-electron chi connectivity index (χ2n) is 9.35. The number of carbonyl (C=O) groups excluding carboxylic acids is 1. The van der Waals surface area contributed by atoms with E-state index in [4.69, 9.17) is 4.74 Å². The quantitative estimate of drug-likeness (QED) is 0.399. The number of sulfonamides is 1. The number of nitrogens with one attached hydrogen (secondary N) is 1. The molecule has 12 heteroatoms. The summed E-state index contributed by atoms with van der Waals surface area (Å²) < 4.78 is 34.2. The first-order chi connectivity index (χ1) is 16.0. The molecule has 2 unspecified atom stereocenters. The van der Waals surface area contributed by atoms with E-state index in [-0.39, 0.29) is 28.1 Å². The highest BCUT2D eigenvalue weighted by Gasteiger charge is 2.31. The zero-order chi connectivity index (χ0) is 25.0. The highest BCUT2D eigenvalue weighted by atomic mass is 32.2. The zero-order valence-corrected chi connectivity index (χ0v) is 21.1. The topological polar surface area (TPSA) is 125 Å². The fraction of sp³-hybridized carbons (Fsp3) is 0.682. The van der Waals surface area contributed by atoms with Crippen LogP contribution in [0.2, 0.25) is 0 Å². The number of amides is 1. The predicted molar refractivity (Wildman–Crippen MR) is 129 cm³/mol. The minimum atomic E-state index is -3.93. The summed E-state index contributed by atoms with van der Waals surface area (Å²) in [5, 5.41) is 12.0. The molecule has 2 atom stereocenters. The number of benzene rings is 1. The lowest BCUT2D eigenvalue weighted by atomic mass is 10.0. The number of ether oxygens (including phenoxy) is 1. The molecule has 0 aromatic heterocycles. The van der Waals surface area contributed by atoms with Crippen LogP contribution in [-0.4, -0.2) is 95.1 Å². The van der Waals surface area contributed by atoms with Gasteiger partial charge in [0.25, 0.3) is 5.69 Å². The molecule has 3 rings (SSSR count). The van der Waals surface area contributed by atoms with E-state index >= 15 is 0 Å². The second kappa shape index (κ2) is 11.0. The van der Waals surface area contributed by atoms with Crippen LogP contribution < -0.4 is 9.62 Å². The number of nitrogens with zero attached hydrogens (tertiary/aromatic N) is 4. The van der Waals surface area contributed by atoms with E-state index in [2.05, 4.69) is 4.72 Å². The van der Waals surface area contributed by atoms with Gasteiger partial charge in [-0.25, -0.2) is 13.1 Å². The molecule has 2 saturated heterocycles. The summed E-state index contributed by atoms with van der Waals surface area (Å²) >= 11 is 0. The van der Waals surface area contributed by atoms with Crippen LogP contribution in [-0.2, 0) is 19.6 Å². The Kier molecular flexibility index (Phi) is 8.50. The minimum Gasteiger partial charge on any atom is -0.381 e. The van der Waals surface area contributed by atoms with Crippen LogP contribution in [0.3, 0.4) is 0 Å². The van der Waals surface area contributed by atoms with Crippen molar-refractivity contribution in [2.45, 2.75) is 37.6 Å². The Hall–Kier alpha value is -2.28. The van der Waals surface area contributed by atoms with Gasteiger partial charge < -0.3 is 14.5 Å². The van der Waals surface area contributed by atoms with Gasteiger partial charge in [-0.3, -0.25) is 19.8 Å². The molecule has 0 saturated carbocycles. The van der Waals surface area contributed by atoms with E-state index < -0.39 is 14.9 Å². The van der Waals surface area contributed by atoms with Gasteiger partial charge in [0.1, 0.15) is 5.69 Å². The summed E-state index contributed by atoms with van der Waals surface area (Å²) in [6.07, 6.45) is 1.56. The average Bonchev–Trinajstić information content (AvgIpc) is 3.25. The van der Waals surface area contributed by atoms with E-state index in [9.17, 15) is 23.3 Å². The van der Waals surface area contributed by atoms with Gasteiger partial charge in [-0.15, -0.1) is 0 Å². The van der Waals surface area contributed by atoms with E-state index in [0.717, 1.165) is 6.42 Å². The number of carbonyl (C=O) groups is 1. The molecule has 2 heterocycles. The zero-order valence-electron chi connectivity index (χ0n) is 20.3. The normalized spacial score (nSPS) is 20.4. The first kappa shape index (κ1) is 26.3. The Balaban J connectivity index is 1.75. The van der Waals surface area contributed by atoms with Crippen molar-refractivity contribution in [1.82, 2.24) is 14.5 Å². The fourth-order valence-corrected chi connectivity index (χ4v) is 6.07. The van der Waals surface area contributed by atoms with Crippen molar-refractivity contribution in [2.24, 2.45) is 5.92 Å². The summed E-state index contributed by atoms with van der Waals surface area (Å²) in [7, 11) is -0.515. The molecule has 2 fully saturated rings. The number of nitro benzene ring substituents is 1. The molecule has 1 amide bonds. The Morgan fingerprint density at radius 3 is 2.53 bits per heavy atom. The van der Waals surface area contributed by atoms with Gasteiger partial charge >= 0.3 is 0 Å². The molecule has 0 radical (unpaired) electrons. The third kappa shape index (κ3) is 6.23. The number of likely N-dealkylation sites (N-methyl/N-ethyl adjacent to an activating group) is 1. The largest absolute Gasteiger partial charge is 0.381 e. The first-order valence-corrected chi connectivity index (χ1v) is 13.0. The summed E-state index contributed by atoms with van der Waals surface area (Å²) in [5.74, 6) is 0.314. The van der Waals surface area contributed by atoms with E-state index in [0.29, 0.717) is 64.0 Å². The Morgan fingerprint density at radius 1 is 1.29 bits per heavy atom. The monoisotopic (exact) mass is 497 g/mol. The third-order valence-electron chi connectivity index (χ3n) is 6.47. The molecule has 2 aliphatic heterocycles. The molecule has 1 aromatic carbocycles. The van der Waals surface area contributed by atoms with Crippen LogP contribution in [0.5, 0.6) is 0 Å². The first-order valence-electron chi connectivity index (χ1n) is 11.5. The van der Waals surface area contributed by atoms with E-state index in [1.54, 1.807) is 21.0 Å². The molecule has 1 aromatic rings. The van der Waals surface area contributed by atoms with Crippen molar-refractivity contribution in [1.29, 1.82) is 0 Å². The van der Waals surface area contributed by atoms with Crippen molar-refractivity contribution in [3.05, 3.63) is 27.8 Å². The van der Waals surface area contributed by atoms with Crippen LogP contribution in [0.15, 0.2) is 17.0 Å². The molecule has 0 spiro atoms. The van der Waals surface area contributed by atoms with Gasteiger partial charge in [0.2, 0.25) is 15.9 Å². The number of piperazine rings is 1. The molecule has 1 N–H and O–H groups in total. The predicted octanol–water partition coefficient (Wildman–Crippen LogP) is 1.21. The minimum absolute atomic E-state index is 0.00650. The number of hydrogen-bond donors (Lipinski definition) is 1. The summed E-state index contributed by atoms with van der Waals surface area (Å²) in [6.45, 7) is 7.08. The van der Waals surface area contributed by atoms with Gasteiger partial charge in [-0.1, -0.05) is 0 Å². The molecule has 0 bridgehead atoms. The second-order valence-corrected chi connectivity index (χ2v) is 11.0. The van der Waals surface area contributed by atoms with Crippen molar-refractivity contribution in [2.75, 3.05) is 64.9 Å². The lowest BCUT2D eigenvalue weighted by Gasteiger charge is -2.36. The van der Waals surface area contributed by atoms with Crippen LogP contribution >= 0.6 is 0 Å². The molecular weight excluding hydrogens is 462 g/mol. The fourth-order valence-electron chi connectivity index (χ4n) is 4.57. The average molecular weight is 498 g/mol. The van der Waals surface area contributed by atoms with Crippen LogP contribution in [0.1, 0.15) is 25.3 Å². The molecule has 11 nitrogen and oxygen atoms in total. The van der Waals surface area contributed by atoms with Crippen LogP contribution in [0.4, 0.5) is 11.4 Å². The maximum atomic E-state index is 13.1. The molecule has 2 aliphatic rings. The standard InChI is InChI=1S/C22H35N5O6S/c1-16(13-18-7-12-33-15-18)23-34(31,32)20-6-5-19(22(17(20)2)27(29)30)26-10-8-25(9-11-26)14-21(28)24(3)4/h5-6,16,18,23H,7-15H2,1-4H3. The Bertz CT molecular complexity index is 1000. The number of rotatable bonds is 9. The molecule has 0 aliphatic carbocycles. The Morgan fingerprint density at radius 2 is 1.97 bits per heavy atom.